The Morgan fingerprint density at radius 2 is 1.95 bits per heavy atom. The second kappa shape index (κ2) is 11.1. The molecule has 204 valence electrons. The fourth-order valence-corrected chi connectivity index (χ4v) is 5.30. The van der Waals surface area contributed by atoms with Crippen molar-refractivity contribution in [3.63, 3.8) is 0 Å². The number of hydrogen-bond acceptors (Lipinski definition) is 6. The molecule has 3 aromatic rings. The summed E-state index contributed by atoms with van der Waals surface area (Å²) < 4.78 is 39.9. The van der Waals surface area contributed by atoms with Crippen LogP contribution in [0.15, 0.2) is 73.1 Å². The van der Waals surface area contributed by atoms with Crippen molar-refractivity contribution in [1.82, 2.24) is 9.88 Å². The van der Waals surface area contributed by atoms with E-state index in [1.165, 1.54) is 11.6 Å². The van der Waals surface area contributed by atoms with E-state index in [-0.39, 0.29) is 5.78 Å². The number of ketones is 1. The number of hydrogen-bond donors (Lipinski definition) is 2. The molecule has 9 heteroatoms. The van der Waals surface area contributed by atoms with Gasteiger partial charge in [-0.05, 0) is 74.2 Å². The first-order chi connectivity index (χ1) is 18.7. The van der Waals surface area contributed by atoms with E-state index in [1.54, 1.807) is 19.1 Å². The minimum absolute atomic E-state index is 0.180. The largest absolute Gasteiger partial charge is 0.416 e. The maximum absolute atomic E-state index is 13.3. The van der Waals surface area contributed by atoms with E-state index in [4.69, 9.17) is 4.98 Å². The second-order valence-corrected chi connectivity index (χ2v) is 10.2. The van der Waals surface area contributed by atoms with Gasteiger partial charge in [0.1, 0.15) is 11.6 Å². The zero-order valence-electron chi connectivity index (χ0n) is 21.9. The first kappa shape index (κ1) is 26.7. The number of nitrogens with zero attached hydrogens (tertiary/aromatic N) is 3. The Balaban J connectivity index is 1.37. The van der Waals surface area contributed by atoms with Crippen molar-refractivity contribution in [1.29, 1.82) is 0 Å². The third-order valence-electron chi connectivity index (χ3n) is 7.18. The monoisotopic (exact) mass is 535 g/mol. The molecule has 0 aliphatic carbocycles. The number of aromatic nitrogens is 1. The topological polar surface area (TPSA) is 60.5 Å². The van der Waals surface area contributed by atoms with E-state index in [1.807, 2.05) is 23.1 Å². The Morgan fingerprint density at radius 3 is 2.74 bits per heavy atom. The van der Waals surface area contributed by atoms with Crippen LogP contribution in [0.5, 0.6) is 0 Å². The molecule has 0 spiro atoms. The highest BCUT2D eigenvalue weighted by Crippen LogP contribution is 2.35. The fourth-order valence-electron chi connectivity index (χ4n) is 5.30. The molecular weight excluding hydrogens is 503 g/mol. The number of alkyl halides is 3. The summed E-state index contributed by atoms with van der Waals surface area (Å²) in [6.07, 6.45) is -2.58. The number of anilines is 3. The van der Waals surface area contributed by atoms with Gasteiger partial charge in [-0.3, -0.25) is 9.69 Å². The Hall–Kier alpha value is -3.85. The lowest BCUT2D eigenvalue weighted by Gasteiger charge is -2.27. The van der Waals surface area contributed by atoms with E-state index in [0.717, 1.165) is 56.0 Å². The van der Waals surface area contributed by atoms with Crippen LogP contribution in [0.2, 0.25) is 0 Å². The molecular formula is C30H32F3N5O. The molecule has 5 rings (SSSR count). The average molecular weight is 536 g/mol. The first-order valence-corrected chi connectivity index (χ1v) is 13.1. The normalized spacial score (nSPS) is 17.7. The number of nitrogens with one attached hydrogen (secondary N) is 2. The summed E-state index contributed by atoms with van der Waals surface area (Å²) in [7, 11) is 0. The molecule has 6 nitrogen and oxygen atoms in total. The Labute approximate surface area is 226 Å². The van der Waals surface area contributed by atoms with Crippen molar-refractivity contribution < 1.29 is 18.0 Å². The van der Waals surface area contributed by atoms with Gasteiger partial charge in [0, 0.05) is 30.9 Å². The number of fused-ring (bicyclic) bond motifs is 1. The summed E-state index contributed by atoms with van der Waals surface area (Å²) >= 11 is 0. The number of carbonyl (C=O) groups excluding carboxylic acids is 1. The smallest absolute Gasteiger partial charge is 0.382 e. The number of rotatable bonds is 7. The Morgan fingerprint density at radius 1 is 1.13 bits per heavy atom. The lowest BCUT2D eigenvalue weighted by Crippen LogP contribution is -2.28. The molecule has 2 aliphatic heterocycles. The molecule has 0 bridgehead atoms. The van der Waals surface area contributed by atoms with Crippen molar-refractivity contribution in [2.24, 2.45) is 0 Å². The molecule has 0 saturated carbocycles. The summed E-state index contributed by atoms with van der Waals surface area (Å²) in [4.78, 5) is 20.5. The van der Waals surface area contributed by atoms with Gasteiger partial charge in [0.05, 0.1) is 23.5 Å². The van der Waals surface area contributed by atoms with Crippen molar-refractivity contribution in [3.8, 4) is 11.3 Å². The van der Waals surface area contributed by atoms with E-state index in [2.05, 4.69) is 34.2 Å². The van der Waals surface area contributed by atoms with Crippen molar-refractivity contribution in [2.45, 2.75) is 31.9 Å². The minimum atomic E-state index is -4.42. The Kier molecular flexibility index (Phi) is 7.61. The van der Waals surface area contributed by atoms with Gasteiger partial charge in [0.15, 0.2) is 5.82 Å². The lowest BCUT2D eigenvalue weighted by molar-refractivity contribution is -0.137. The number of halogens is 3. The zero-order valence-corrected chi connectivity index (χ0v) is 21.9. The summed E-state index contributed by atoms with van der Waals surface area (Å²) in [5, 5.41) is 6.79. The van der Waals surface area contributed by atoms with Crippen LogP contribution in [-0.2, 0) is 11.0 Å². The van der Waals surface area contributed by atoms with Gasteiger partial charge >= 0.3 is 6.18 Å². The zero-order chi connectivity index (χ0) is 27.6. The van der Waals surface area contributed by atoms with Gasteiger partial charge in [0.2, 0.25) is 0 Å². The van der Waals surface area contributed by atoms with Crippen LogP contribution in [0.1, 0.15) is 36.8 Å². The van der Waals surface area contributed by atoms with Gasteiger partial charge < -0.3 is 15.5 Å². The number of benzene rings is 2. The summed E-state index contributed by atoms with van der Waals surface area (Å²) in [6.45, 7) is 9.56. The molecule has 39 heavy (non-hydrogen) atoms. The number of likely N-dealkylation sites (tertiary alicyclic amines) is 1. The number of pyridine rings is 1. The van der Waals surface area contributed by atoms with Gasteiger partial charge in [0.25, 0.3) is 0 Å². The minimum Gasteiger partial charge on any atom is -0.382 e. The van der Waals surface area contributed by atoms with Gasteiger partial charge in [-0.25, -0.2) is 4.98 Å². The van der Waals surface area contributed by atoms with Gasteiger partial charge in [-0.2, -0.15) is 13.2 Å². The van der Waals surface area contributed by atoms with Crippen LogP contribution in [0.25, 0.3) is 11.3 Å². The van der Waals surface area contributed by atoms with Crippen LogP contribution >= 0.6 is 0 Å². The lowest BCUT2D eigenvalue weighted by atomic mass is 9.98. The highest BCUT2D eigenvalue weighted by molar-refractivity contribution is 5.77. The molecule has 0 amide bonds. The summed E-state index contributed by atoms with van der Waals surface area (Å²) in [5.41, 5.74) is 3.07. The SMILES string of the molecule is C=C(Nc1cccc(C2CCN(CC(C)=O)C2)c1)N1CCCNc2ccc(-c3cccc(C(F)(F)F)c3)nc21. The van der Waals surface area contributed by atoms with Crippen LogP contribution in [0, 0.1) is 0 Å². The predicted octanol–water partition coefficient (Wildman–Crippen LogP) is 6.35. The van der Waals surface area contributed by atoms with Gasteiger partial charge in [-0.1, -0.05) is 30.8 Å². The summed E-state index contributed by atoms with van der Waals surface area (Å²) in [5.74, 6) is 1.79. The first-order valence-electron chi connectivity index (χ1n) is 13.1. The molecule has 0 radical (unpaired) electrons. The molecule has 2 aliphatic rings. The van der Waals surface area contributed by atoms with Crippen molar-refractivity contribution in [2.75, 3.05) is 48.3 Å². The highest BCUT2D eigenvalue weighted by Gasteiger charge is 2.31. The third kappa shape index (κ3) is 6.25. The van der Waals surface area contributed by atoms with E-state index in [9.17, 15) is 18.0 Å². The molecule has 3 heterocycles. The fraction of sp³-hybridized carbons (Fsp3) is 0.333. The number of Topliss-reactive ketones (excluding diaryl/α,β-unsaturated/α-hetero) is 1. The maximum Gasteiger partial charge on any atom is 0.416 e. The summed E-state index contributed by atoms with van der Waals surface area (Å²) in [6, 6.07) is 17.1. The van der Waals surface area contributed by atoms with Crippen molar-refractivity contribution in [3.05, 3.63) is 84.2 Å². The second-order valence-electron chi connectivity index (χ2n) is 10.2. The maximum atomic E-state index is 13.3. The van der Waals surface area contributed by atoms with Crippen LogP contribution in [-0.4, -0.2) is 48.4 Å². The van der Waals surface area contributed by atoms with Crippen LogP contribution in [0.4, 0.5) is 30.4 Å². The molecule has 1 unspecified atom stereocenters. The van der Waals surface area contributed by atoms with E-state index < -0.39 is 11.7 Å². The molecule has 2 N–H and O–H groups in total. The molecule has 1 fully saturated rings. The average Bonchev–Trinajstić information content (AvgIpc) is 3.25. The van der Waals surface area contributed by atoms with E-state index >= 15 is 0 Å². The molecule has 1 aromatic heterocycles. The molecule has 2 aromatic carbocycles. The third-order valence-corrected chi connectivity index (χ3v) is 7.18. The van der Waals surface area contributed by atoms with Gasteiger partial charge in [-0.15, -0.1) is 0 Å². The van der Waals surface area contributed by atoms with Crippen LogP contribution in [0.3, 0.4) is 0 Å². The van der Waals surface area contributed by atoms with Crippen LogP contribution < -0.4 is 15.5 Å². The quantitative estimate of drug-likeness (QED) is 0.368. The van der Waals surface area contributed by atoms with Crippen molar-refractivity contribution >= 4 is 23.0 Å². The van der Waals surface area contributed by atoms with E-state index in [0.29, 0.717) is 41.9 Å². The number of carbonyl (C=O) groups is 1. The standard InChI is InChI=1S/C30H32F3N5O/c1-20(39)18-37-15-12-24(19-37)22-6-4-9-26(17-22)35-21(2)38-14-5-13-34-28-11-10-27(36-29(28)38)23-7-3-8-25(16-23)30(31,32)33/h3-4,6-11,16-17,24,34-35H,2,5,12-15,18-19H2,1H3. The predicted molar refractivity (Wildman–Crippen MR) is 149 cm³/mol. The molecule has 1 atom stereocenters. The highest BCUT2D eigenvalue weighted by atomic mass is 19.4. The molecule has 1 saturated heterocycles. The Bertz CT molecular complexity index is 1370.